The Kier molecular flexibility index (Phi) is 5.54. The van der Waals surface area contributed by atoms with Gasteiger partial charge in [0.25, 0.3) is 11.8 Å². The topological polar surface area (TPSA) is 76.7 Å². The van der Waals surface area contributed by atoms with Gasteiger partial charge in [-0.2, -0.15) is 0 Å². The summed E-state index contributed by atoms with van der Waals surface area (Å²) in [6, 6.07) is 14.3. The first-order chi connectivity index (χ1) is 14.5. The van der Waals surface area contributed by atoms with E-state index >= 15 is 0 Å². The fourth-order valence-corrected chi connectivity index (χ4v) is 3.58. The van der Waals surface area contributed by atoms with Gasteiger partial charge in [-0.05, 0) is 66.8 Å². The monoisotopic (exact) mass is 420 g/mol. The fraction of sp³-hybridized carbons (Fsp3) is 0.130. The van der Waals surface area contributed by atoms with Gasteiger partial charge >= 0.3 is 0 Å². The summed E-state index contributed by atoms with van der Waals surface area (Å²) >= 11 is 1.47. The Bertz CT molecular complexity index is 1140. The molecule has 3 aromatic rings. The van der Waals surface area contributed by atoms with Crippen molar-refractivity contribution in [2.75, 3.05) is 12.1 Å². The van der Waals surface area contributed by atoms with E-state index in [1.807, 2.05) is 43.5 Å². The molecule has 2 heterocycles. The lowest BCUT2D eigenvalue weighted by Gasteiger charge is -2.12. The van der Waals surface area contributed by atoms with Gasteiger partial charge in [0.05, 0.1) is 0 Å². The Labute approximate surface area is 178 Å². The van der Waals surface area contributed by atoms with Gasteiger partial charge in [-0.25, -0.2) is 0 Å². The number of fused-ring (bicyclic) bond motifs is 1. The second-order valence-corrected chi connectivity index (χ2v) is 7.83. The van der Waals surface area contributed by atoms with E-state index in [-0.39, 0.29) is 18.4 Å². The Morgan fingerprint density at radius 1 is 1.00 bits per heavy atom. The molecule has 2 N–H and O–H groups in total. The lowest BCUT2D eigenvalue weighted by molar-refractivity contribution is -0.113. The molecule has 7 heteroatoms. The van der Waals surface area contributed by atoms with Crippen LogP contribution in [-0.4, -0.2) is 18.6 Å². The van der Waals surface area contributed by atoms with Gasteiger partial charge in [0.1, 0.15) is 5.70 Å². The molecule has 4 rings (SSSR count). The lowest BCUT2D eigenvalue weighted by Crippen LogP contribution is -2.30. The number of benzene rings is 2. The van der Waals surface area contributed by atoms with Crippen LogP contribution in [-0.2, 0) is 4.79 Å². The summed E-state index contributed by atoms with van der Waals surface area (Å²) in [4.78, 5) is 26.6. The second kappa shape index (κ2) is 8.42. The number of carbonyl (C=O) groups excluding carboxylic acids is 2. The molecule has 0 fully saturated rings. The van der Waals surface area contributed by atoms with Crippen LogP contribution in [0.1, 0.15) is 26.4 Å². The number of rotatable bonds is 5. The van der Waals surface area contributed by atoms with Crippen LogP contribution in [0.3, 0.4) is 0 Å². The predicted octanol–water partition coefficient (Wildman–Crippen LogP) is 4.50. The average Bonchev–Trinajstić information content (AvgIpc) is 3.40. The van der Waals surface area contributed by atoms with Crippen molar-refractivity contribution in [1.29, 1.82) is 0 Å². The van der Waals surface area contributed by atoms with Crippen molar-refractivity contribution in [2.24, 2.45) is 0 Å². The molecule has 30 heavy (non-hydrogen) atoms. The highest BCUT2D eigenvalue weighted by molar-refractivity contribution is 7.10. The van der Waals surface area contributed by atoms with Gasteiger partial charge in [0.2, 0.25) is 6.79 Å². The van der Waals surface area contributed by atoms with Crippen molar-refractivity contribution < 1.29 is 19.1 Å². The number of hydrogen-bond acceptors (Lipinski definition) is 5. The molecule has 2 amide bonds. The number of ether oxygens (including phenoxy) is 2. The van der Waals surface area contributed by atoms with E-state index in [9.17, 15) is 9.59 Å². The third-order valence-corrected chi connectivity index (χ3v) is 5.54. The van der Waals surface area contributed by atoms with Gasteiger partial charge in [-0.15, -0.1) is 11.3 Å². The van der Waals surface area contributed by atoms with Crippen molar-refractivity contribution in [3.05, 3.63) is 81.2 Å². The predicted molar refractivity (Wildman–Crippen MR) is 117 cm³/mol. The van der Waals surface area contributed by atoms with E-state index in [1.54, 1.807) is 30.3 Å². The normalized spacial score (nSPS) is 12.5. The molecule has 0 spiro atoms. The van der Waals surface area contributed by atoms with Crippen LogP contribution in [0.25, 0.3) is 6.08 Å². The first-order valence-electron chi connectivity index (χ1n) is 9.34. The summed E-state index contributed by atoms with van der Waals surface area (Å²) in [7, 11) is 0. The quantitative estimate of drug-likeness (QED) is 0.596. The highest BCUT2D eigenvalue weighted by Gasteiger charge is 2.18. The zero-order valence-corrected chi connectivity index (χ0v) is 17.3. The molecule has 2 aromatic carbocycles. The molecular weight excluding hydrogens is 400 g/mol. The average molecular weight is 420 g/mol. The van der Waals surface area contributed by atoms with Crippen molar-refractivity contribution >= 4 is 34.9 Å². The number of nitrogens with one attached hydrogen (secondary N) is 2. The van der Waals surface area contributed by atoms with Crippen LogP contribution in [0.15, 0.2) is 59.6 Å². The van der Waals surface area contributed by atoms with E-state index in [4.69, 9.17) is 9.47 Å². The minimum absolute atomic E-state index is 0.151. The molecule has 0 aliphatic carbocycles. The van der Waals surface area contributed by atoms with E-state index in [2.05, 4.69) is 10.6 Å². The third kappa shape index (κ3) is 4.36. The maximum atomic E-state index is 13.0. The molecule has 152 valence electrons. The lowest BCUT2D eigenvalue weighted by atomic mass is 10.1. The smallest absolute Gasteiger partial charge is 0.272 e. The zero-order valence-electron chi connectivity index (χ0n) is 16.5. The van der Waals surface area contributed by atoms with Gasteiger partial charge in [0, 0.05) is 22.2 Å². The number of carbonyl (C=O) groups is 2. The molecule has 0 atom stereocenters. The van der Waals surface area contributed by atoms with Crippen LogP contribution in [0.4, 0.5) is 5.69 Å². The van der Waals surface area contributed by atoms with Crippen molar-refractivity contribution in [3.63, 3.8) is 0 Å². The van der Waals surface area contributed by atoms with Crippen molar-refractivity contribution in [1.82, 2.24) is 5.32 Å². The molecule has 0 saturated carbocycles. The van der Waals surface area contributed by atoms with Gasteiger partial charge < -0.3 is 20.1 Å². The van der Waals surface area contributed by atoms with Crippen LogP contribution in [0, 0.1) is 13.8 Å². The first-order valence-corrected chi connectivity index (χ1v) is 10.2. The first kappa shape index (κ1) is 19.7. The standard InChI is InChI=1S/C23H20N2O4S/c1-14-5-6-16(10-15(14)2)22(26)25-19(12-18-4-3-9-30-18)23(27)24-17-7-8-20-21(11-17)29-13-28-20/h3-12H,13H2,1-2H3,(H,24,27)(H,25,26). The maximum absolute atomic E-state index is 13.0. The largest absolute Gasteiger partial charge is 0.454 e. The van der Waals surface area contributed by atoms with Crippen molar-refractivity contribution in [3.8, 4) is 11.5 Å². The fourth-order valence-electron chi connectivity index (χ4n) is 2.92. The maximum Gasteiger partial charge on any atom is 0.272 e. The summed E-state index contributed by atoms with van der Waals surface area (Å²) in [6.45, 7) is 4.08. The Hall–Kier alpha value is -3.58. The Balaban J connectivity index is 1.57. The molecule has 1 aliphatic rings. The van der Waals surface area contributed by atoms with Crippen LogP contribution >= 0.6 is 11.3 Å². The number of thiophene rings is 1. The number of anilines is 1. The number of amides is 2. The Morgan fingerprint density at radius 3 is 2.60 bits per heavy atom. The minimum Gasteiger partial charge on any atom is -0.454 e. The summed E-state index contributed by atoms with van der Waals surface area (Å²) in [5, 5.41) is 7.47. The summed E-state index contributed by atoms with van der Waals surface area (Å²) in [5.74, 6) is 0.419. The van der Waals surface area contributed by atoms with E-state index in [1.165, 1.54) is 11.3 Å². The van der Waals surface area contributed by atoms with Crippen LogP contribution in [0.5, 0.6) is 11.5 Å². The summed E-state index contributed by atoms with van der Waals surface area (Å²) < 4.78 is 10.6. The van der Waals surface area contributed by atoms with Crippen LogP contribution < -0.4 is 20.1 Å². The summed E-state index contributed by atoms with van der Waals surface area (Å²) in [6.07, 6.45) is 1.66. The highest BCUT2D eigenvalue weighted by Crippen LogP contribution is 2.34. The molecular formula is C23H20N2O4S. The van der Waals surface area contributed by atoms with Crippen molar-refractivity contribution in [2.45, 2.75) is 13.8 Å². The minimum atomic E-state index is -0.431. The zero-order chi connectivity index (χ0) is 21.1. The second-order valence-electron chi connectivity index (χ2n) is 6.85. The van der Waals surface area contributed by atoms with E-state index in [0.29, 0.717) is 22.7 Å². The third-order valence-electron chi connectivity index (χ3n) is 4.72. The highest BCUT2D eigenvalue weighted by atomic mass is 32.1. The molecule has 0 bridgehead atoms. The van der Waals surface area contributed by atoms with Gasteiger partial charge in [-0.1, -0.05) is 12.1 Å². The SMILES string of the molecule is Cc1ccc(C(=O)NC(=Cc2cccs2)C(=O)Nc2ccc3c(c2)OCO3)cc1C. The molecule has 6 nitrogen and oxygen atoms in total. The number of hydrogen-bond donors (Lipinski definition) is 2. The van der Waals surface area contributed by atoms with E-state index < -0.39 is 5.91 Å². The molecule has 0 radical (unpaired) electrons. The molecule has 0 saturated heterocycles. The molecule has 1 aliphatic heterocycles. The summed E-state index contributed by atoms with van der Waals surface area (Å²) in [5.41, 5.74) is 3.30. The molecule has 0 unspecified atom stereocenters. The van der Waals surface area contributed by atoms with E-state index in [0.717, 1.165) is 16.0 Å². The van der Waals surface area contributed by atoms with Crippen LogP contribution in [0.2, 0.25) is 0 Å². The Morgan fingerprint density at radius 2 is 1.83 bits per heavy atom. The van der Waals surface area contributed by atoms with Gasteiger partial charge in [-0.3, -0.25) is 9.59 Å². The molecule has 1 aromatic heterocycles. The number of aryl methyl sites for hydroxylation is 2. The van der Waals surface area contributed by atoms with Gasteiger partial charge in [0.15, 0.2) is 11.5 Å².